The third-order valence-electron chi connectivity index (χ3n) is 4.18. The molecular formula is C20H24FNO3. The third-order valence-corrected chi connectivity index (χ3v) is 4.18. The maximum Gasteiger partial charge on any atom is 0.412 e. The summed E-state index contributed by atoms with van der Waals surface area (Å²) in [6.07, 6.45) is 1.82. The Hall–Kier alpha value is -2.40. The van der Waals surface area contributed by atoms with E-state index in [0.717, 1.165) is 12.8 Å². The number of ether oxygens (including phenoxy) is 1. The second-order valence-corrected chi connectivity index (χ2v) is 5.91. The predicted octanol–water partition coefficient (Wildman–Crippen LogP) is 4.36. The molecule has 0 aromatic heterocycles. The number of unbranched alkanes of at least 4 members (excludes halogenated alkanes) is 1. The molecule has 0 aliphatic rings. The Kier molecular flexibility index (Phi) is 6.53. The summed E-state index contributed by atoms with van der Waals surface area (Å²) in [5.41, 5.74) is 0.0398. The Bertz CT molecular complexity index is 685. The monoisotopic (exact) mass is 345 g/mol. The molecule has 5 heteroatoms. The van der Waals surface area contributed by atoms with E-state index in [2.05, 4.69) is 5.32 Å². The zero-order chi connectivity index (χ0) is 18.3. The number of hydrogen-bond acceptors (Lipinski definition) is 3. The zero-order valence-electron chi connectivity index (χ0n) is 14.6. The van der Waals surface area contributed by atoms with Crippen molar-refractivity contribution >= 4 is 6.09 Å². The van der Waals surface area contributed by atoms with Gasteiger partial charge in [-0.3, -0.25) is 0 Å². The summed E-state index contributed by atoms with van der Waals surface area (Å²) < 4.78 is 18.3. The summed E-state index contributed by atoms with van der Waals surface area (Å²) in [4.78, 5) is 11.7. The van der Waals surface area contributed by atoms with Crippen molar-refractivity contribution in [2.24, 2.45) is 0 Å². The van der Waals surface area contributed by atoms with Crippen LogP contribution in [0.5, 0.6) is 5.75 Å². The molecule has 0 saturated carbocycles. The van der Waals surface area contributed by atoms with Crippen LogP contribution in [0.25, 0.3) is 0 Å². The van der Waals surface area contributed by atoms with E-state index in [1.165, 1.54) is 12.1 Å². The average molecular weight is 345 g/mol. The van der Waals surface area contributed by atoms with Crippen molar-refractivity contribution in [2.75, 3.05) is 6.54 Å². The minimum Gasteiger partial charge on any atom is -0.410 e. The molecular weight excluding hydrogens is 321 g/mol. The molecule has 0 radical (unpaired) electrons. The molecule has 2 aromatic carbocycles. The van der Waals surface area contributed by atoms with E-state index in [4.69, 9.17) is 4.74 Å². The Balaban J connectivity index is 2.11. The van der Waals surface area contributed by atoms with Crippen LogP contribution in [0, 0.1) is 5.82 Å². The number of hydrogen-bond donors (Lipinski definition) is 2. The zero-order valence-corrected chi connectivity index (χ0v) is 14.6. The van der Waals surface area contributed by atoms with Gasteiger partial charge in [0.05, 0.1) is 0 Å². The molecule has 2 rings (SSSR count). The number of carbonyl (C=O) groups excluding carboxylic acids is 1. The lowest BCUT2D eigenvalue weighted by atomic mass is 9.84. The fourth-order valence-electron chi connectivity index (χ4n) is 2.61. The van der Waals surface area contributed by atoms with E-state index in [-0.39, 0.29) is 5.82 Å². The van der Waals surface area contributed by atoms with Crippen LogP contribution in [0.2, 0.25) is 0 Å². The Labute approximate surface area is 147 Å². The van der Waals surface area contributed by atoms with Gasteiger partial charge in [0.1, 0.15) is 17.2 Å². The summed E-state index contributed by atoms with van der Waals surface area (Å²) in [5.74, 6) is 0.0512. The Morgan fingerprint density at radius 1 is 1.08 bits per heavy atom. The lowest BCUT2D eigenvalue weighted by Crippen LogP contribution is -2.28. The number of halogens is 1. The molecule has 0 spiro atoms. The summed E-state index contributed by atoms with van der Waals surface area (Å²) in [5, 5.41) is 13.7. The van der Waals surface area contributed by atoms with Gasteiger partial charge in [-0.05, 0) is 48.2 Å². The molecule has 0 fully saturated rings. The topological polar surface area (TPSA) is 58.6 Å². The van der Waals surface area contributed by atoms with Gasteiger partial charge in [-0.2, -0.15) is 0 Å². The molecule has 2 aromatic rings. The highest BCUT2D eigenvalue weighted by atomic mass is 19.1. The standard InChI is InChI=1S/C20H24FNO3/c1-3-5-14-22-19(23)25-18-12-8-16(9-13-18)20(24,4-2)15-6-10-17(21)11-7-15/h6-13,24H,3-5,14H2,1-2H3,(H,22,23). The molecule has 1 unspecified atom stereocenters. The van der Waals surface area contributed by atoms with Crippen molar-refractivity contribution in [1.29, 1.82) is 0 Å². The molecule has 1 amide bonds. The summed E-state index contributed by atoms with van der Waals surface area (Å²) in [6.45, 7) is 4.48. The molecule has 4 nitrogen and oxygen atoms in total. The van der Waals surface area contributed by atoms with Crippen LogP contribution in [-0.4, -0.2) is 17.7 Å². The molecule has 1 atom stereocenters. The second-order valence-electron chi connectivity index (χ2n) is 5.91. The van der Waals surface area contributed by atoms with Crippen molar-refractivity contribution in [2.45, 2.75) is 38.7 Å². The first-order valence-corrected chi connectivity index (χ1v) is 8.54. The van der Waals surface area contributed by atoms with E-state index < -0.39 is 11.7 Å². The first-order valence-electron chi connectivity index (χ1n) is 8.54. The molecule has 0 saturated heterocycles. The molecule has 0 aliphatic carbocycles. The number of amides is 1. The lowest BCUT2D eigenvalue weighted by Gasteiger charge is -2.28. The normalized spacial score (nSPS) is 13.1. The number of rotatable bonds is 7. The molecule has 2 N–H and O–H groups in total. The smallest absolute Gasteiger partial charge is 0.410 e. The Morgan fingerprint density at radius 3 is 2.16 bits per heavy atom. The van der Waals surface area contributed by atoms with Crippen LogP contribution < -0.4 is 10.1 Å². The highest BCUT2D eigenvalue weighted by molar-refractivity contribution is 5.70. The molecule has 134 valence electrons. The predicted molar refractivity (Wildman–Crippen MR) is 95.1 cm³/mol. The van der Waals surface area contributed by atoms with Crippen LogP contribution in [0.4, 0.5) is 9.18 Å². The average Bonchev–Trinajstić information content (AvgIpc) is 2.62. The summed E-state index contributed by atoms with van der Waals surface area (Å²) >= 11 is 0. The van der Waals surface area contributed by atoms with Crippen molar-refractivity contribution in [3.05, 3.63) is 65.5 Å². The third kappa shape index (κ3) is 4.79. The number of benzene rings is 2. The van der Waals surface area contributed by atoms with E-state index in [0.29, 0.717) is 29.8 Å². The van der Waals surface area contributed by atoms with E-state index in [9.17, 15) is 14.3 Å². The van der Waals surface area contributed by atoms with Crippen LogP contribution in [0.1, 0.15) is 44.2 Å². The van der Waals surface area contributed by atoms with Crippen LogP contribution in [0.15, 0.2) is 48.5 Å². The van der Waals surface area contributed by atoms with Crippen molar-refractivity contribution in [1.82, 2.24) is 5.32 Å². The van der Waals surface area contributed by atoms with Gasteiger partial charge in [0.15, 0.2) is 0 Å². The van der Waals surface area contributed by atoms with Gasteiger partial charge < -0.3 is 15.2 Å². The van der Waals surface area contributed by atoms with Gasteiger partial charge in [-0.15, -0.1) is 0 Å². The minimum absolute atomic E-state index is 0.347. The van der Waals surface area contributed by atoms with Crippen molar-refractivity contribution in [3.8, 4) is 5.75 Å². The first-order chi connectivity index (χ1) is 12.0. The van der Waals surface area contributed by atoms with E-state index >= 15 is 0 Å². The quantitative estimate of drug-likeness (QED) is 0.733. The van der Waals surface area contributed by atoms with Gasteiger partial charge >= 0.3 is 6.09 Å². The largest absolute Gasteiger partial charge is 0.412 e. The molecule has 0 heterocycles. The second kappa shape index (κ2) is 8.62. The fraction of sp³-hybridized carbons (Fsp3) is 0.350. The maximum absolute atomic E-state index is 13.1. The van der Waals surface area contributed by atoms with Gasteiger partial charge in [0, 0.05) is 6.54 Å². The Morgan fingerprint density at radius 2 is 1.64 bits per heavy atom. The summed E-state index contributed by atoms with van der Waals surface area (Å²) in [7, 11) is 0. The molecule has 0 bridgehead atoms. The fourth-order valence-corrected chi connectivity index (χ4v) is 2.61. The molecule has 25 heavy (non-hydrogen) atoms. The van der Waals surface area contributed by atoms with E-state index in [1.807, 2.05) is 13.8 Å². The first kappa shape index (κ1) is 18.9. The minimum atomic E-state index is -1.23. The SMILES string of the molecule is CCCCNC(=O)Oc1ccc(C(O)(CC)c2ccc(F)cc2)cc1. The van der Waals surface area contributed by atoms with Gasteiger partial charge in [0.25, 0.3) is 0 Å². The van der Waals surface area contributed by atoms with Crippen molar-refractivity contribution < 1.29 is 19.0 Å². The molecule has 0 aliphatic heterocycles. The van der Waals surface area contributed by atoms with Crippen LogP contribution in [-0.2, 0) is 5.60 Å². The number of nitrogens with one attached hydrogen (secondary N) is 1. The maximum atomic E-state index is 13.1. The van der Waals surface area contributed by atoms with Crippen LogP contribution in [0.3, 0.4) is 0 Å². The van der Waals surface area contributed by atoms with Gasteiger partial charge in [-0.25, -0.2) is 9.18 Å². The number of carbonyl (C=O) groups is 1. The van der Waals surface area contributed by atoms with E-state index in [1.54, 1.807) is 36.4 Å². The lowest BCUT2D eigenvalue weighted by molar-refractivity contribution is 0.0764. The van der Waals surface area contributed by atoms with Crippen LogP contribution >= 0.6 is 0 Å². The highest BCUT2D eigenvalue weighted by Gasteiger charge is 2.29. The van der Waals surface area contributed by atoms with Gasteiger partial charge in [-0.1, -0.05) is 44.5 Å². The summed E-state index contributed by atoms with van der Waals surface area (Å²) in [6, 6.07) is 12.5. The highest BCUT2D eigenvalue weighted by Crippen LogP contribution is 2.33. The van der Waals surface area contributed by atoms with Crippen molar-refractivity contribution in [3.63, 3.8) is 0 Å². The van der Waals surface area contributed by atoms with Gasteiger partial charge in [0.2, 0.25) is 0 Å². The number of aliphatic hydroxyl groups is 1.